The van der Waals surface area contributed by atoms with Gasteiger partial charge in [-0.2, -0.15) is 0 Å². The number of carbonyl (C=O) groups is 1. The van der Waals surface area contributed by atoms with Crippen molar-refractivity contribution in [3.05, 3.63) is 23.8 Å². The van der Waals surface area contributed by atoms with Gasteiger partial charge in [-0.25, -0.2) is 0 Å². The summed E-state index contributed by atoms with van der Waals surface area (Å²) in [5.41, 5.74) is 5.64. The van der Waals surface area contributed by atoms with Gasteiger partial charge in [-0.05, 0) is 17.7 Å². The van der Waals surface area contributed by atoms with Gasteiger partial charge in [-0.15, -0.1) is 11.6 Å². The van der Waals surface area contributed by atoms with Crippen molar-refractivity contribution in [2.24, 2.45) is 5.73 Å². The molecule has 0 heterocycles. The average molecular weight is 232 g/mol. The van der Waals surface area contributed by atoms with E-state index in [4.69, 9.17) is 27.5 Å². The third kappa shape index (κ3) is 2.51. The Labute approximate surface area is 90.7 Å². The minimum atomic E-state index is -1.27. The Bertz CT molecular complexity index is 382. The van der Waals surface area contributed by atoms with Crippen LogP contribution < -0.4 is 5.73 Å². The zero-order valence-corrected chi connectivity index (χ0v) is 8.35. The van der Waals surface area contributed by atoms with Crippen LogP contribution in [0.15, 0.2) is 18.2 Å². The van der Waals surface area contributed by atoms with E-state index < -0.39 is 17.4 Å². The molecule has 0 fully saturated rings. The van der Waals surface area contributed by atoms with Crippen LogP contribution in [-0.4, -0.2) is 27.3 Å². The van der Waals surface area contributed by atoms with Crippen molar-refractivity contribution in [1.82, 2.24) is 0 Å². The molecule has 6 heteroatoms. The number of nitrogens with two attached hydrogens (primary N) is 1. The maximum absolute atomic E-state index is 10.5. The molecule has 1 aromatic carbocycles. The van der Waals surface area contributed by atoms with E-state index in [0.29, 0.717) is 5.56 Å². The largest absolute Gasteiger partial charge is 0.504 e. The van der Waals surface area contributed by atoms with Crippen LogP contribution in [0, 0.1) is 0 Å². The molecule has 0 amide bonds. The molecule has 0 radical (unpaired) electrons. The maximum atomic E-state index is 10.5. The highest BCUT2D eigenvalue weighted by molar-refractivity contribution is 6.22. The van der Waals surface area contributed by atoms with Crippen LogP contribution in [0.5, 0.6) is 11.5 Å². The summed E-state index contributed by atoms with van der Waals surface area (Å²) in [6.45, 7) is 0. The van der Waals surface area contributed by atoms with Crippen LogP contribution in [0.25, 0.3) is 0 Å². The topological polar surface area (TPSA) is 104 Å². The zero-order valence-electron chi connectivity index (χ0n) is 7.59. The van der Waals surface area contributed by atoms with E-state index in [1.54, 1.807) is 0 Å². The van der Waals surface area contributed by atoms with Gasteiger partial charge in [0.25, 0.3) is 0 Å². The standard InChI is InChI=1S/C9H10ClNO4/c10-7(8(11)9(14)15)4-1-2-5(12)6(13)3-4/h1-3,7-8,12-13H,11H2,(H,14,15)/t7?,8-/m0/s1. The van der Waals surface area contributed by atoms with Crippen LogP contribution in [0.4, 0.5) is 0 Å². The first kappa shape index (κ1) is 11.6. The van der Waals surface area contributed by atoms with E-state index in [1.807, 2.05) is 0 Å². The van der Waals surface area contributed by atoms with Crippen molar-refractivity contribution >= 4 is 17.6 Å². The molecule has 1 aromatic rings. The summed E-state index contributed by atoms with van der Waals surface area (Å²) < 4.78 is 0. The smallest absolute Gasteiger partial charge is 0.322 e. The molecule has 5 N–H and O–H groups in total. The number of carboxylic acids is 1. The summed E-state index contributed by atoms with van der Waals surface area (Å²) in [4.78, 5) is 10.5. The average Bonchev–Trinajstić information content (AvgIpc) is 2.19. The Kier molecular flexibility index (Phi) is 3.39. The van der Waals surface area contributed by atoms with Crippen molar-refractivity contribution in [2.45, 2.75) is 11.4 Å². The highest BCUT2D eigenvalue weighted by Gasteiger charge is 2.24. The van der Waals surface area contributed by atoms with Crippen molar-refractivity contribution in [3.8, 4) is 11.5 Å². The molecule has 0 aromatic heterocycles. The minimum absolute atomic E-state index is 0.300. The number of hydrogen-bond donors (Lipinski definition) is 4. The zero-order chi connectivity index (χ0) is 11.6. The second kappa shape index (κ2) is 4.37. The number of benzene rings is 1. The van der Waals surface area contributed by atoms with Crippen LogP contribution in [0.2, 0.25) is 0 Å². The normalized spacial score (nSPS) is 14.5. The number of aromatic hydroxyl groups is 2. The third-order valence-corrected chi connectivity index (χ3v) is 2.44. The number of hydrogen-bond acceptors (Lipinski definition) is 4. The predicted molar refractivity (Wildman–Crippen MR) is 54.0 cm³/mol. The van der Waals surface area contributed by atoms with E-state index >= 15 is 0 Å². The van der Waals surface area contributed by atoms with Crippen LogP contribution in [0.3, 0.4) is 0 Å². The second-order valence-corrected chi connectivity index (χ2v) is 3.48. The molecule has 5 nitrogen and oxygen atoms in total. The number of rotatable bonds is 3. The molecule has 0 bridgehead atoms. The van der Waals surface area contributed by atoms with Gasteiger partial charge in [0.1, 0.15) is 6.04 Å². The SMILES string of the molecule is N[C@H](C(=O)O)C(Cl)c1ccc(O)c(O)c1. The van der Waals surface area contributed by atoms with E-state index in [1.165, 1.54) is 18.2 Å². The van der Waals surface area contributed by atoms with Crippen molar-refractivity contribution in [1.29, 1.82) is 0 Å². The molecule has 1 unspecified atom stereocenters. The Balaban J connectivity index is 2.96. The number of aliphatic carboxylic acids is 1. The molecule has 0 saturated heterocycles. The summed E-state index contributed by atoms with van der Waals surface area (Å²) in [7, 11) is 0. The monoisotopic (exact) mass is 231 g/mol. The Morgan fingerprint density at radius 1 is 1.33 bits per heavy atom. The van der Waals surface area contributed by atoms with Gasteiger partial charge in [0, 0.05) is 0 Å². The highest BCUT2D eigenvalue weighted by atomic mass is 35.5. The van der Waals surface area contributed by atoms with Gasteiger partial charge in [0.2, 0.25) is 0 Å². The molecular formula is C9H10ClNO4. The molecule has 15 heavy (non-hydrogen) atoms. The minimum Gasteiger partial charge on any atom is -0.504 e. The molecule has 0 aliphatic heterocycles. The number of phenols is 2. The van der Waals surface area contributed by atoms with Gasteiger partial charge in [-0.1, -0.05) is 6.07 Å². The summed E-state index contributed by atoms with van der Waals surface area (Å²) >= 11 is 5.78. The number of halogens is 1. The molecule has 0 spiro atoms. The molecule has 0 aliphatic carbocycles. The summed E-state index contributed by atoms with van der Waals surface area (Å²) in [6.07, 6.45) is 0. The first-order valence-electron chi connectivity index (χ1n) is 4.08. The van der Waals surface area contributed by atoms with Crippen molar-refractivity contribution in [2.75, 3.05) is 0 Å². The summed E-state index contributed by atoms with van der Waals surface area (Å²) in [6, 6.07) is 2.52. The second-order valence-electron chi connectivity index (χ2n) is 3.01. The van der Waals surface area contributed by atoms with Gasteiger partial charge in [-0.3, -0.25) is 4.79 Å². The van der Waals surface area contributed by atoms with Crippen molar-refractivity contribution < 1.29 is 20.1 Å². The number of alkyl halides is 1. The molecule has 0 aliphatic rings. The molecule has 82 valence electrons. The van der Waals surface area contributed by atoms with Gasteiger partial charge >= 0.3 is 5.97 Å². The van der Waals surface area contributed by atoms with Gasteiger partial charge in [0.15, 0.2) is 11.5 Å². The van der Waals surface area contributed by atoms with Gasteiger partial charge in [0.05, 0.1) is 5.38 Å². The van der Waals surface area contributed by atoms with E-state index in [0.717, 1.165) is 0 Å². The fourth-order valence-electron chi connectivity index (χ4n) is 1.04. The Morgan fingerprint density at radius 2 is 1.93 bits per heavy atom. The maximum Gasteiger partial charge on any atom is 0.322 e. The van der Waals surface area contributed by atoms with Crippen molar-refractivity contribution in [3.63, 3.8) is 0 Å². The molecule has 0 saturated carbocycles. The molecule has 1 rings (SSSR count). The number of phenolic OH excluding ortho intramolecular Hbond substituents is 2. The summed E-state index contributed by atoms with van der Waals surface area (Å²) in [5.74, 6) is -1.90. The quantitative estimate of drug-likeness (QED) is 0.455. The Hall–Kier alpha value is -1.46. The lowest BCUT2D eigenvalue weighted by molar-refractivity contribution is -0.138. The predicted octanol–water partition coefficient (Wildman–Crippen LogP) is 0.790. The Morgan fingerprint density at radius 3 is 2.40 bits per heavy atom. The lowest BCUT2D eigenvalue weighted by atomic mass is 10.1. The highest BCUT2D eigenvalue weighted by Crippen LogP contribution is 2.31. The lowest BCUT2D eigenvalue weighted by Crippen LogP contribution is -2.34. The van der Waals surface area contributed by atoms with Gasteiger partial charge < -0.3 is 21.1 Å². The fraction of sp³-hybridized carbons (Fsp3) is 0.222. The molecular weight excluding hydrogens is 222 g/mol. The summed E-state index contributed by atoms with van der Waals surface area (Å²) in [5, 5.41) is 25.9. The van der Waals surface area contributed by atoms with E-state index in [-0.39, 0.29) is 11.5 Å². The lowest BCUT2D eigenvalue weighted by Gasteiger charge is -2.14. The van der Waals surface area contributed by atoms with Crippen LogP contribution in [-0.2, 0) is 4.79 Å². The van der Waals surface area contributed by atoms with Crippen LogP contribution in [0.1, 0.15) is 10.9 Å². The first-order valence-corrected chi connectivity index (χ1v) is 4.51. The fourth-order valence-corrected chi connectivity index (χ4v) is 1.29. The van der Waals surface area contributed by atoms with E-state index in [2.05, 4.69) is 0 Å². The third-order valence-electron chi connectivity index (χ3n) is 1.92. The number of carboxylic acid groups (broad SMARTS) is 1. The first-order chi connectivity index (χ1) is 6.93. The molecule has 2 atom stereocenters. The van der Waals surface area contributed by atoms with E-state index in [9.17, 15) is 9.90 Å². The van der Waals surface area contributed by atoms with Crippen LogP contribution >= 0.6 is 11.6 Å².